The van der Waals surface area contributed by atoms with E-state index in [0.29, 0.717) is 34.9 Å². The van der Waals surface area contributed by atoms with Gasteiger partial charge in [-0.1, -0.05) is 29.8 Å². The fourth-order valence-electron chi connectivity index (χ4n) is 4.19. The van der Waals surface area contributed by atoms with Gasteiger partial charge in [-0.2, -0.15) is 0 Å². The Morgan fingerprint density at radius 2 is 1.77 bits per heavy atom. The number of nitrogens with zero attached hydrogens (tertiary/aromatic N) is 2. The van der Waals surface area contributed by atoms with Crippen molar-refractivity contribution in [3.8, 4) is 0 Å². The summed E-state index contributed by atoms with van der Waals surface area (Å²) in [6.45, 7) is 3.87. The van der Waals surface area contributed by atoms with E-state index in [9.17, 15) is 18.0 Å². The van der Waals surface area contributed by atoms with Gasteiger partial charge in [0, 0.05) is 29.4 Å². The molecule has 0 spiro atoms. The number of carbonyl (C=O) groups excluding carboxylic acids is 2. The summed E-state index contributed by atoms with van der Waals surface area (Å²) < 4.78 is 28.1. The van der Waals surface area contributed by atoms with Gasteiger partial charge in [0.05, 0.1) is 10.6 Å². The monoisotopic (exact) mass is 511 g/mol. The third-order valence-electron chi connectivity index (χ3n) is 5.89. The molecule has 0 aliphatic carbocycles. The van der Waals surface area contributed by atoms with E-state index in [1.165, 1.54) is 12.1 Å². The first-order valence-corrected chi connectivity index (χ1v) is 13.0. The second-order valence-corrected chi connectivity index (χ2v) is 10.8. The Morgan fingerprint density at radius 3 is 2.40 bits per heavy atom. The molecule has 3 aromatic carbocycles. The molecule has 0 unspecified atom stereocenters. The van der Waals surface area contributed by atoms with Gasteiger partial charge in [0.2, 0.25) is 11.8 Å². The molecule has 1 aliphatic heterocycles. The molecular weight excluding hydrogens is 486 g/mol. The van der Waals surface area contributed by atoms with E-state index in [2.05, 4.69) is 5.32 Å². The quantitative estimate of drug-likeness (QED) is 0.488. The molecule has 2 amide bonds. The highest BCUT2D eigenvalue weighted by Gasteiger charge is 2.28. The molecule has 182 valence electrons. The highest BCUT2D eigenvalue weighted by molar-refractivity contribution is 7.92. The molecule has 3 aromatic rings. The minimum Gasteiger partial charge on any atom is -0.325 e. The Bertz CT molecular complexity index is 1380. The SMILES string of the molecule is Cc1cc(NC(=O)CN(c2ccc(Cl)cc2C)S(=O)(=O)c2ccccc2)ccc1N1CCCC1=O. The predicted octanol–water partition coefficient (Wildman–Crippen LogP) is 4.92. The summed E-state index contributed by atoms with van der Waals surface area (Å²) >= 11 is 6.08. The summed E-state index contributed by atoms with van der Waals surface area (Å²) in [6.07, 6.45) is 1.36. The van der Waals surface area contributed by atoms with E-state index in [1.807, 2.05) is 6.92 Å². The maximum absolute atomic E-state index is 13.5. The molecule has 7 nitrogen and oxygen atoms in total. The molecule has 0 saturated carbocycles. The zero-order valence-corrected chi connectivity index (χ0v) is 21.1. The summed E-state index contributed by atoms with van der Waals surface area (Å²) in [7, 11) is -4.02. The van der Waals surface area contributed by atoms with Crippen molar-refractivity contribution in [2.75, 3.05) is 27.6 Å². The van der Waals surface area contributed by atoms with Crippen LogP contribution in [0.2, 0.25) is 5.02 Å². The van der Waals surface area contributed by atoms with Crippen molar-refractivity contribution in [2.45, 2.75) is 31.6 Å². The number of benzene rings is 3. The Balaban J connectivity index is 1.60. The zero-order chi connectivity index (χ0) is 25.2. The predicted molar refractivity (Wildman–Crippen MR) is 139 cm³/mol. The van der Waals surface area contributed by atoms with E-state index in [0.717, 1.165) is 22.0 Å². The average Bonchev–Trinajstić information content (AvgIpc) is 3.24. The summed E-state index contributed by atoms with van der Waals surface area (Å²) in [5, 5.41) is 3.26. The number of halogens is 1. The van der Waals surface area contributed by atoms with Gasteiger partial charge in [-0.05, 0) is 79.9 Å². The van der Waals surface area contributed by atoms with Gasteiger partial charge in [-0.15, -0.1) is 0 Å². The van der Waals surface area contributed by atoms with Crippen LogP contribution in [0.5, 0.6) is 0 Å². The molecule has 1 aliphatic rings. The number of rotatable bonds is 7. The Labute approximate surface area is 210 Å². The summed E-state index contributed by atoms with van der Waals surface area (Å²) in [4.78, 5) is 27.0. The van der Waals surface area contributed by atoms with Crippen molar-refractivity contribution >= 4 is 50.5 Å². The Kier molecular flexibility index (Phi) is 7.14. The van der Waals surface area contributed by atoms with Crippen molar-refractivity contribution in [1.29, 1.82) is 0 Å². The van der Waals surface area contributed by atoms with Gasteiger partial charge in [0.15, 0.2) is 0 Å². The van der Waals surface area contributed by atoms with E-state index in [1.54, 1.807) is 66.4 Å². The van der Waals surface area contributed by atoms with E-state index in [-0.39, 0.29) is 10.8 Å². The second kappa shape index (κ2) is 10.1. The Hall–Kier alpha value is -3.36. The summed E-state index contributed by atoms with van der Waals surface area (Å²) in [6, 6.07) is 18.1. The number of hydrogen-bond donors (Lipinski definition) is 1. The molecule has 0 aromatic heterocycles. The van der Waals surface area contributed by atoms with Crippen LogP contribution in [0, 0.1) is 13.8 Å². The molecule has 1 N–H and O–H groups in total. The maximum Gasteiger partial charge on any atom is 0.264 e. The molecule has 4 rings (SSSR count). The molecule has 1 heterocycles. The lowest BCUT2D eigenvalue weighted by atomic mass is 10.1. The number of anilines is 3. The van der Waals surface area contributed by atoms with Crippen LogP contribution in [-0.2, 0) is 19.6 Å². The lowest BCUT2D eigenvalue weighted by Crippen LogP contribution is -2.38. The topological polar surface area (TPSA) is 86.8 Å². The molecule has 9 heteroatoms. The van der Waals surface area contributed by atoms with Crippen LogP contribution in [0.3, 0.4) is 0 Å². The minimum atomic E-state index is -4.02. The zero-order valence-electron chi connectivity index (χ0n) is 19.5. The lowest BCUT2D eigenvalue weighted by molar-refractivity contribution is -0.117. The largest absolute Gasteiger partial charge is 0.325 e. The van der Waals surface area contributed by atoms with Gasteiger partial charge < -0.3 is 10.2 Å². The number of amides is 2. The second-order valence-electron chi connectivity index (χ2n) is 8.45. The van der Waals surface area contributed by atoms with Crippen molar-refractivity contribution in [3.63, 3.8) is 0 Å². The fraction of sp³-hybridized carbons (Fsp3) is 0.231. The van der Waals surface area contributed by atoms with E-state index >= 15 is 0 Å². The summed E-state index contributed by atoms with van der Waals surface area (Å²) in [5.74, 6) is -0.409. The molecule has 1 saturated heterocycles. The van der Waals surface area contributed by atoms with Crippen LogP contribution in [-0.4, -0.2) is 33.3 Å². The first-order valence-electron chi connectivity index (χ1n) is 11.2. The lowest BCUT2D eigenvalue weighted by Gasteiger charge is -2.26. The molecule has 35 heavy (non-hydrogen) atoms. The normalized spacial score (nSPS) is 13.7. The average molecular weight is 512 g/mol. The Morgan fingerprint density at radius 1 is 1.03 bits per heavy atom. The van der Waals surface area contributed by atoms with E-state index in [4.69, 9.17) is 11.6 Å². The standard InChI is InChI=1S/C26H26ClN3O4S/c1-18-15-20(27)10-12-24(18)30(35(33,34)22-7-4-3-5-8-22)17-25(31)28-21-11-13-23(19(2)16-21)29-14-6-9-26(29)32/h3-5,7-8,10-13,15-16H,6,9,14,17H2,1-2H3,(H,28,31). The van der Waals surface area contributed by atoms with Crippen LogP contribution in [0.25, 0.3) is 0 Å². The molecule has 0 bridgehead atoms. The van der Waals surface area contributed by atoms with E-state index < -0.39 is 22.5 Å². The van der Waals surface area contributed by atoms with Crippen molar-refractivity contribution in [3.05, 3.63) is 82.9 Å². The van der Waals surface area contributed by atoms with Crippen LogP contribution in [0.1, 0.15) is 24.0 Å². The fourth-order valence-corrected chi connectivity index (χ4v) is 5.92. The first kappa shape index (κ1) is 24.8. The summed E-state index contributed by atoms with van der Waals surface area (Å²) in [5.41, 5.74) is 3.18. The van der Waals surface area contributed by atoms with Gasteiger partial charge in [0.1, 0.15) is 6.54 Å². The van der Waals surface area contributed by atoms with Crippen molar-refractivity contribution in [2.24, 2.45) is 0 Å². The number of aryl methyl sites for hydroxylation is 2. The van der Waals surface area contributed by atoms with Crippen LogP contribution in [0.15, 0.2) is 71.6 Å². The molecule has 0 atom stereocenters. The van der Waals surface area contributed by atoms with Crippen molar-refractivity contribution < 1.29 is 18.0 Å². The minimum absolute atomic E-state index is 0.0811. The van der Waals surface area contributed by atoms with Crippen LogP contribution in [0.4, 0.5) is 17.1 Å². The third kappa shape index (κ3) is 5.33. The first-order chi connectivity index (χ1) is 16.7. The maximum atomic E-state index is 13.5. The third-order valence-corrected chi connectivity index (χ3v) is 7.90. The van der Waals surface area contributed by atoms with Gasteiger partial charge in [-0.25, -0.2) is 8.42 Å². The highest BCUT2D eigenvalue weighted by atomic mass is 35.5. The van der Waals surface area contributed by atoms with Crippen LogP contribution >= 0.6 is 11.6 Å². The number of nitrogens with one attached hydrogen (secondary N) is 1. The smallest absolute Gasteiger partial charge is 0.264 e. The number of sulfonamides is 1. The number of hydrogen-bond acceptors (Lipinski definition) is 4. The van der Waals surface area contributed by atoms with Gasteiger partial charge >= 0.3 is 0 Å². The van der Waals surface area contributed by atoms with Crippen molar-refractivity contribution in [1.82, 2.24) is 0 Å². The van der Waals surface area contributed by atoms with Gasteiger partial charge in [0.25, 0.3) is 10.0 Å². The van der Waals surface area contributed by atoms with Crippen LogP contribution < -0.4 is 14.5 Å². The molecular formula is C26H26ClN3O4S. The highest BCUT2D eigenvalue weighted by Crippen LogP contribution is 2.30. The molecule has 1 fully saturated rings. The molecule has 0 radical (unpaired) electrons. The van der Waals surface area contributed by atoms with Gasteiger partial charge in [-0.3, -0.25) is 13.9 Å². The number of carbonyl (C=O) groups is 2.